The number of halogens is 2. The van der Waals surface area contributed by atoms with Crippen molar-refractivity contribution in [2.24, 2.45) is 0 Å². The minimum atomic E-state index is -0.347. The first-order valence-corrected chi connectivity index (χ1v) is 6.95. The molecule has 1 aliphatic heterocycles. The van der Waals surface area contributed by atoms with Crippen LogP contribution in [-0.4, -0.2) is 23.5 Å². The zero-order valence-electron chi connectivity index (χ0n) is 8.50. The summed E-state index contributed by atoms with van der Waals surface area (Å²) in [6.45, 7) is 0. The number of nitrogens with one attached hydrogen (secondary N) is 1. The molecule has 1 saturated heterocycles. The Labute approximate surface area is 106 Å². The van der Waals surface area contributed by atoms with Crippen molar-refractivity contribution in [3.63, 3.8) is 0 Å². The van der Waals surface area contributed by atoms with E-state index in [1.807, 2.05) is 11.8 Å². The molecule has 86 valence electrons. The Morgan fingerprint density at radius 3 is 3.00 bits per heavy atom. The predicted octanol–water partition coefficient (Wildman–Crippen LogP) is 2.82. The highest BCUT2D eigenvalue weighted by molar-refractivity contribution is 9.10. The third kappa shape index (κ3) is 2.77. The summed E-state index contributed by atoms with van der Waals surface area (Å²) in [5.74, 6) is 1.57. The molecule has 0 bridgehead atoms. The van der Waals surface area contributed by atoms with E-state index in [-0.39, 0.29) is 17.8 Å². The highest BCUT2D eigenvalue weighted by Crippen LogP contribution is 2.20. The van der Waals surface area contributed by atoms with Crippen LogP contribution >= 0.6 is 27.7 Å². The first kappa shape index (κ1) is 11.9. The van der Waals surface area contributed by atoms with Gasteiger partial charge in [0.2, 0.25) is 0 Å². The maximum Gasteiger partial charge on any atom is 0.252 e. The molecule has 1 N–H and O–H groups in total. The minimum Gasteiger partial charge on any atom is -0.348 e. The fourth-order valence-corrected chi connectivity index (χ4v) is 3.27. The lowest BCUT2D eigenvalue weighted by atomic mass is 10.2. The van der Waals surface area contributed by atoms with Crippen LogP contribution in [0.2, 0.25) is 0 Å². The smallest absolute Gasteiger partial charge is 0.252 e. The molecule has 1 unspecified atom stereocenters. The fraction of sp³-hybridized carbons (Fsp3) is 0.364. The molecule has 1 aromatic rings. The predicted molar refractivity (Wildman–Crippen MR) is 67.3 cm³/mol. The second-order valence-electron chi connectivity index (χ2n) is 3.66. The number of thioether (sulfide) groups is 1. The van der Waals surface area contributed by atoms with Crippen LogP contribution < -0.4 is 5.32 Å². The van der Waals surface area contributed by atoms with E-state index in [4.69, 9.17) is 0 Å². The highest BCUT2D eigenvalue weighted by atomic mass is 79.9. The van der Waals surface area contributed by atoms with Crippen LogP contribution in [0.15, 0.2) is 22.7 Å². The molecule has 0 saturated carbocycles. The van der Waals surface area contributed by atoms with Gasteiger partial charge in [-0.05, 0) is 46.3 Å². The third-order valence-corrected chi connectivity index (χ3v) is 4.26. The van der Waals surface area contributed by atoms with Crippen molar-refractivity contribution in [2.75, 3.05) is 11.5 Å². The van der Waals surface area contributed by atoms with Gasteiger partial charge in [0.25, 0.3) is 5.91 Å². The largest absolute Gasteiger partial charge is 0.348 e. The van der Waals surface area contributed by atoms with E-state index in [0.717, 1.165) is 17.9 Å². The fourth-order valence-electron chi connectivity index (χ4n) is 1.59. The summed E-state index contributed by atoms with van der Waals surface area (Å²) in [5.41, 5.74) is 0.485. The van der Waals surface area contributed by atoms with Crippen molar-refractivity contribution in [1.82, 2.24) is 5.32 Å². The number of hydrogen-bond acceptors (Lipinski definition) is 2. The van der Waals surface area contributed by atoms with E-state index in [0.29, 0.717) is 10.0 Å². The number of carbonyl (C=O) groups is 1. The average molecular weight is 304 g/mol. The Morgan fingerprint density at radius 1 is 1.56 bits per heavy atom. The van der Waals surface area contributed by atoms with Crippen molar-refractivity contribution in [3.8, 4) is 0 Å². The number of benzene rings is 1. The molecule has 0 aromatic heterocycles. The van der Waals surface area contributed by atoms with Crippen LogP contribution in [0.25, 0.3) is 0 Å². The van der Waals surface area contributed by atoms with Gasteiger partial charge in [0, 0.05) is 16.3 Å². The molecule has 1 aliphatic rings. The maximum absolute atomic E-state index is 12.9. The van der Waals surface area contributed by atoms with Crippen LogP contribution in [-0.2, 0) is 0 Å². The molecule has 0 spiro atoms. The van der Waals surface area contributed by atoms with E-state index in [1.54, 1.807) is 0 Å². The minimum absolute atomic E-state index is 0.139. The van der Waals surface area contributed by atoms with Crippen LogP contribution in [0.1, 0.15) is 16.8 Å². The topological polar surface area (TPSA) is 29.1 Å². The van der Waals surface area contributed by atoms with Gasteiger partial charge in [-0.25, -0.2) is 4.39 Å². The van der Waals surface area contributed by atoms with Crippen LogP contribution in [0, 0.1) is 5.82 Å². The van der Waals surface area contributed by atoms with Gasteiger partial charge in [-0.3, -0.25) is 4.79 Å². The summed E-state index contributed by atoms with van der Waals surface area (Å²) in [7, 11) is 0. The van der Waals surface area contributed by atoms with E-state index < -0.39 is 0 Å². The lowest BCUT2D eigenvalue weighted by Gasteiger charge is -2.12. The Morgan fingerprint density at radius 2 is 2.38 bits per heavy atom. The zero-order chi connectivity index (χ0) is 11.5. The second kappa shape index (κ2) is 5.19. The standard InChI is InChI=1S/C11H11BrFNOS/c12-10-5-7(13)1-2-9(10)11(15)14-8-3-4-16-6-8/h1-2,5,8H,3-4,6H2,(H,14,15). The van der Waals surface area contributed by atoms with Gasteiger partial charge in [-0.15, -0.1) is 0 Å². The van der Waals surface area contributed by atoms with Gasteiger partial charge < -0.3 is 5.32 Å². The lowest BCUT2D eigenvalue weighted by Crippen LogP contribution is -2.34. The van der Waals surface area contributed by atoms with Crippen molar-refractivity contribution >= 4 is 33.6 Å². The first-order chi connectivity index (χ1) is 7.66. The maximum atomic E-state index is 12.9. The van der Waals surface area contributed by atoms with Crippen LogP contribution in [0.4, 0.5) is 4.39 Å². The molecule has 0 aliphatic carbocycles. The summed E-state index contributed by atoms with van der Waals surface area (Å²) in [6.07, 6.45) is 1.01. The normalized spacial score (nSPS) is 19.8. The van der Waals surface area contributed by atoms with Crippen LogP contribution in [0.3, 0.4) is 0 Å². The molecule has 1 heterocycles. The SMILES string of the molecule is O=C(NC1CCSC1)c1ccc(F)cc1Br. The molecule has 0 radical (unpaired) electrons. The summed E-state index contributed by atoms with van der Waals surface area (Å²) in [5, 5.41) is 2.94. The first-order valence-electron chi connectivity index (χ1n) is 5.00. The van der Waals surface area contributed by atoms with Gasteiger partial charge in [0.15, 0.2) is 0 Å². The van der Waals surface area contributed by atoms with Crippen molar-refractivity contribution in [2.45, 2.75) is 12.5 Å². The van der Waals surface area contributed by atoms with Crippen LogP contribution in [0.5, 0.6) is 0 Å². The molecular weight excluding hydrogens is 293 g/mol. The molecule has 2 rings (SSSR count). The van der Waals surface area contributed by atoms with Crippen molar-refractivity contribution in [1.29, 1.82) is 0 Å². The number of amides is 1. The van der Waals surface area contributed by atoms with Gasteiger partial charge in [-0.2, -0.15) is 11.8 Å². The van der Waals surface area contributed by atoms with Gasteiger partial charge in [0.1, 0.15) is 5.82 Å². The van der Waals surface area contributed by atoms with Crippen molar-refractivity contribution < 1.29 is 9.18 Å². The Balaban J connectivity index is 2.08. The molecule has 1 atom stereocenters. The Kier molecular flexibility index (Phi) is 3.86. The van der Waals surface area contributed by atoms with E-state index >= 15 is 0 Å². The summed E-state index contributed by atoms with van der Waals surface area (Å²) in [6, 6.07) is 4.34. The molecule has 16 heavy (non-hydrogen) atoms. The molecule has 5 heteroatoms. The summed E-state index contributed by atoms with van der Waals surface area (Å²) < 4.78 is 13.3. The Hall–Kier alpha value is -0.550. The van der Waals surface area contributed by atoms with Gasteiger partial charge in [-0.1, -0.05) is 0 Å². The molecule has 2 nitrogen and oxygen atoms in total. The lowest BCUT2D eigenvalue weighted by molar-refractivity contribution is 0.0940. The van der Waals surface area contributed by atoms with Crippen molar-refractivity contribution in [3.05, 3.63) is 34.1 Å². The zero-order valence-corrected chi connectivity index (χ0v) is 10.9. The molecule has 1 amide bonds. The highest BCUT2D eigenvalue weighted by Gasteiger charge is 2.19. The number of rotatable bonds is 2. The second-order valence-corrected chi connectivity index (χ2v) is 5.66. The average Bonchev–Trinajstić information content (AvgIpc) is 2.70. The molecule has 1 aromatic carbocycles. The summed E-state index contributed by atoms with van der Waals surface area (Å²) in [4.78, 5) is 11.9. The van der Waals surface area contributed by atoms with Gasteiger partial charge >= 0.3 is 0 Å². The van der Waals surface area contributed by atoms with E-state index in [1.165, 1.54) is 18.2 Å². The number of carbonyl (C=O) groups excluding carboxylic acids is 1. The summed E-state index contributed by atoms with van der Waals surface area (Å²) >= 11 is 5.03. The van der Waals surface area contributed by atoms with Gasteiger partial charge in [0.05, 0.1) is 5.56 Å². The Bertz CT molecular complexity index is 407. The quantitative estimate of drug-likeness (QED) is 0.910. The van der Waals surface area contributed by atoms with E-state index in [2.05, 4.69) is 21.2 Å². The van der Waals surface area contributed by atoms with E-state index in [9.17, 15) is 9.18 Å². The molecule has 1 fully saturated rings. The molecular formula is C11H11BrFNOS. The number of hydrogen-bond donors (Lipinski definition) is 1. The third-order valence-electron chi connectivity index (χ3n) is 2.44. The monoisotopic (exact) mass is 303 g/mol.